The van der Waals surface area contributed by atoms with E-state index in [0.717, 1.165) is 11.6 Å². The lowest BCUT2D eigenvalue weighted by Crippen LogP contribution is -2.17. The third-order valence-electron chi connectivity index (χ3n) is 2.93. The van der Waals surface area contributed by atoms with E-state index in [1.807, 2.05) is 0 Å². The maximum absolute atomic E-state index is 12.6. The van der Waals surface area contributed by atoms with Gasteiger partial charge in [0.05, 0.1) is 12.1 Å². The monoisotopic (exact) mass is 325 g/mol. The van der Waals surface area contributed by atoms with Gasteiger partial charge in [-0.3, -0.25) is 4.79 Å². The standard InChI is InChI=1S/C15H14F3N3O2/c16-15(17,18)12-3-1-2-11(20-12)9-14(23)21-13-8-10(5-7-22)4-6-19-13/h1-4,6,8,22H,5,7,9H2,(H,19,21,23). The third-order valence-corrected chi connectivity index (χ3v) is 2.93. The van der Waals surface area contributed by atoms with Crippen LogP contribution in [0.2, 0.25) is 0 Å². The van der Waals surface area contributed by atoms with E-state index in [9.17, 15) is 18.0 Å². The zero-order chi connectivity index (χ0) is 16.9. The summed E-state index contributed by atoms with van der Waals surface area (Å²) >= 11 is 0. The number of nitrogens with zero attached hydrogens (tertiary/aromatic N) is 2. The van der Waals surface area contributed by atoms with Crippen molar-refractivity contribution in [2.75, 3.05) is 11.9 Å². The molecule has 2 aromatic rings. The van der Waals surface area contributed by atoms with Crippen LogP contribution in [-0.4, -0.2) is 27.6 Å². The Morgan fingerprint density at radius 1 is 1.26 bits per heavy atom. The quantitative estimate of drug-likeness (QED) is 0.884. The number of amides is 1. The largest absolute Gasteiger partial charge is 0.433 e. The minimum atomic E-state index is -4.55. The molecule has 0 radical (unpaired) electrons. The van der Waals surface area contributed by atoms with Crippen molar-refractivity contribution in [2.45, 2.75) is 19.0 Å². The highest BCUT2D eigenvalue weighted by molar-refractivity contribution is 5.91. The Hall–Kier alpha value is -2.48. The Morgan fingerprint density at radius 2 is 2.04 bits per heavy atom. The van der Waals surface area contributed by atoms with E-state index in [1.165, 1.54) is 18.3 Å². The van der Waals surface area contributed by atoms with Gasteiger partial charge in [0.2, 0.25) is 5.91 Å². The lowest BCUT2D eigenvalue weighted by molar-refractivity contribution is -0.141. The van der Waals surface area contributed by atoms with Crippen LogP contribution in [0.5, 0.6) is 0 Å². The number of pyridine rings is 2. The number of anilines is 1. The zero-order valence-electron chi connectivity index (χ0n) is 12.0. The second-order valence-electron chi connectivity index (χ2n) is 4.76. The molecule has 2 N–H and O–H groups in total. The molecular weight excluding hydrogens is 311 g/mol. The molecule has 5 nitrogen and oxygen atoms in total. The van der Waals surface area contributed by atoms with Gasteiger partial charge in [-0.1, -0.05) is 6.07 Å². The van der Waals surface area contributed by atoms with E-state index in [4.69, 9.17) is 5.11 Å². The highest BCUT2D eigenvalue weighted by atomic mass is 19.4. The lowest BCUT2D eigenvalue weighted by atomic mass is 10.2. The molecule has 2 rings (SSSR count). The van der Waals surface area contributed by atoms with Gasteiger partial charge >= 0.3 is 6.18 Å². The summed E-state index contributed by atoms with van der Waals surface area (Å²) in [6.07, 6.45) is -2.95. The molecule has 8 heteroatoms. The lowest BCUT2D eigenvalue weighted by Gasteiger charge is -2.08. The van der Waals surface area contributed by atoms with Gasteiger partial charge in [-0.25, -0.2) is 9.97 Å². The topological polar surface area (TPSA) is 75.1 Å². The highest BCUT2D eigenvalue weighted by Gasteiger charge is 2.32. The van der Waals surface area contributed by atoms with E-state index >= 15 is 0 Å². The van der Waals surface area contributed by atoms with Crippen LogP contribution >= 0.6 is 0 Å². The van der Waals surface area contributed by atoms with Gasteiger partial charge in [-0.2, -0.15) is 13.2 Å². The predicted octanol–water partition coefficient (Wildman–Crippen LogP) is 2.21. The molecule has 0 fully saturated rings. The van der Waals surface area contributed by atoms with E-state index in [2.05, 4.69) is 15.3 Å². The summed E-state index contributed by atoms with van der Waals surface area (Å²) in [5.74, 6) is -0.251. The van der Waals surface area contributed by atoms with Crippen LogP contribution < -0.4 is 5.32 Å². The summed E-state index contributed by atoms with van der Waals surface area (Å²) in [7, 11) is 0. The van der Waals surface area contributed by atoms with Crippen molar-refractivity contribution in [1.82, 2.24) is 9.97 Å². The van der Waals surface area contributed by atoms with Gasteiger partial charge < -0.3 is 10.4 Å². The van der Waals surface area contributed by atoms with Crippen molar-refractivity contribution in [3.05, 3.63) is 53.5 Å². The highest BCUT2D eigenvalue weighted by Crippen LogP contribution is 2.27. The van der Waals surface area contributed by atoms with Crippen LogP contribution in [-0.2, 0) is 23.8 Å². The van der Waals surface area contributed by atoms with Crippen LogP contribution in [0.4, 0.5) is 19.0 Å². The number of aliphatic hydroxyl groups excluding tert-OH is 1. The molecule has 0 aliphatic rings. The summed E-state index contributed by atoms with van der Waals surface area (Å²) < 4.78 is 37.7. The molecule has 0 spiro atoms. The van der Waals surface area contributed by atoms with Gasteiger partial charge in [0.1, 0.15) is 11.5 Å². The Morgan fingerprint density at radius 3 is 2.74 bits per heavy atom. The number of rotatable bonds is 5. The SMILES string of the molecule is O=C(Cc1cccc(C(F)(F)F)n1)Nc1cc(CCO)ccn1. The van der Waals surface area contributed by atoms with E-state index in [1.54, 1.807) is 12.1 Å². The Bertz CT molecular complexity index is 690. The number of halogens is 3. The van der Waals surface area contributed by atoms with E-state index in [0.29, 0.717) is 6.42 Å². The Balaban J connectivity index is 2.04. The second-order valence-corrected chi connectivity index (χ2v) is 4.76. The number of nitrogens with one attached hydrogen (secondary N) is 1. The first kappa shape index (κ1) is 16.9. The van der Waals surface area contributed by atoms with Gasteiger partial charge in [0.25, 0.3) is 0 Å². The zero-order valence-corrected chi connectivity index (χ0v) is 12.0. The summed E-state index contributed by atoms with van der Waals surface area (Å²) in [5, 5.41) is 11.4. The fourth-order valence-electron chi connectivity index (χ4n) is 1.91. The summed E-state index contributed by atoms with van der Waals surface area (Å²) in [4.78, 5) is 19.3. The van der Waals surface area contributed by atoms with Crippen LogP contribution in [0.3, 0.4) is 0 Å². The summed E-state index contributed by atoms with van der Waals surface area (Å²) in [6, 6.07) is 6.69. The van der Waals surface area contributed by atoms with E-state index < -0.39 is 17.8 Å². The van der Waals surface area contributed by atoms with Crippen molar-refractivity contribution in [3.63, 3.8) is 0 Å². The first-order valence-electron chi connectivity index (χ1n) is 6.77. The van der Waals surface area contributed by atoms with Gasteiger partial charge in [-0.15, -0.1) is 0 Å². The molecule has 23 heavy (non-hydrogen) atoms. The summed E-state index contributed by atoms with van der Waals surface area (Å²) in [6.45, 7) is -0.0362. The molecule has 0 saturated carbocycles. The molecule has 0 aliphatic carbocycles. The molecule has 2 aromatic heterocycles. The maximum Gasteiger partial charge on any atom is 0.433 e. The van der Waals surface area contributed by atoms with Crippen molar-refractivity contribution in [3.8, 4) is 0 Å². The smallest absolute Gasteiger partial charge is 0.396 e. The first-order valence-corrected chi connectivity index (χ1v) is 6.77. The van der Waals surface area contributed by atoms with Gasteiger partial charge in [0.15, 0.2) is 0 Å². The molecule has 0 saturated heterocycles. The molecular formula is C15H14F3N3O2. The predicted molar refractivity (Wildman–Crippen MR) is 76.6 cm³/mol. The Kier molecular flexibility index (Phi) is 5.28. The average Bonchev–Trinajstić information content (AvgIpc) is 2.47. The van der Waals surface area contributed by atoms with Gasteiger partial charge in [-0.05, 0) is 36.2 Å². The third kappa shape index (κ3) is 5.03. The molecule has 0 aromatic carbocycles. The second kappa shape index (κ2) is 7.19. The van der Waals surface area contributed by atoms with Crippen LogP contribution in [0, 0.1) is 0 Å². The Labute approximate surface area is 130 Å². The number of hydrogen-bond acceptors (Lipinski definition) is 4. The number of aromatic nitrogens is 2. The minimum Gasteiger partial charge on any atom is -0.396 e. The van der Waals surface area contributed by atoms with Crippen molar-refractivity contribution in [2.24, 2.45) is 0 Å². The molecule has 1 amide bonds. The molecule has 0 atom stereocenters. The number of carbonyl (C=O) groups excluding carboxylic acids is 1. The number of aliphatic hydroxyl groups is 1. The van der Waals surface area contributed by atoms with Crippen LogP contribution in [0.25, 0.3) is 0 Å². The number of hydrogen-bond donors (Lipinski definition) is 2. The number of alkyl halides is 3. The molecule has 0 aliphatic heterocycles. The van der Waals surface area contributed by atoms with Crippen molar-refractivity contribution >= 4 is 11.7 Å². The normalized spacial score (nSPS) is 11.3. The maximum atomic E-state index is 12.6. The van der Waals surface area contributed by atoms with Crippen molar-refractivity contribution in [1.29, 1.82) is 0 Å². The summed E-state index contributed by atoms with van der Waals surface area (Å²) in [5.41, 5.74) is -0.232. The average molecular weight is 325 g/mol. The fraction of sp³-hybridized carbons (Fsp3) is 0.267. The molecule has 122 valence electrons. The minimum absolute atomic E-state index is 0.0174. The molecule has 2 heterocycles. The van der Waals surface area contributed by atoms with Crippen LogP contribution in [0.15, 0.2) is 36.5 Å². The van der Waals surface area contributed by atoms with Crippen LogP contribution in [0.1, 0.15) is 17.0 Å². The van der Waals surface area contributed by atoms with Crippen molar-refractivity contribution < 1.29 is 23.1 Å². The van der Waals surface area contributed by atoms with Gasteiger partial charge in [0, 0.05) is 12.8 Å². The first-order chi connectivity index (χ1) is 10.9. The van der Waals surface area contributed by atoms with E-state index in [-0.39, 0.29) is 24.5 Å². The molecule has 0 unspecified atom stereocenters. The molecule has 0 bridgehead atoms. The number of carbonyl (C=O) groups is 1. The fourth-order valence-corrected chi connectivity index (χ4v) is 1.91.